The van der Waals surface area contributed by atoms with Gasteiger partial charge in [-0.25, -0.2) is 4.99 Å². The Balaban J connectivity index is 2.04. The Labute approximate surface area is 89.2 Å². The molecule has 3 rings (SSSR count). The van der Waals surface area contributed by atoms with E-state index in [1.165, 1.54) is 11.1 Å². The molecule has 0 atom stereocenters. The predicted octanol–water partition coefficient (Wildman–Crippen LogP) is 3.26. The zero-order chi connectivity index (χ0) is 10.1. The molecule has 1 aliphatic heterocycles. The minimum absolute atomic E-state index is 0.998. The highest BCUT2D eigenvalue weighted by Crippen LogP contribution is 2.26. The molecular weight excluding hydrogens is 182 g/mol. The number of hydrogen-bond acceptors (Lipinski definition) is 1. The number of nitrogens with zero attached hydrogens (tertiary/aromatic N) is 1. The standard InChI is InChI=1S/C14H11N/c1-2-6-11(7-3-1)14-10-12-8-4-5-9-13(12)15-14/h1-4,6-10H,5H2. The molecule has 0 unspecified atom stereocenters. The van der Waals surface area contributed by atoms with E-state index in [0.717, 1.165) is 17.8 Å². The lowest BCUT2D eigenvalue weighted by molar-refractivity contribution is 1.24. The van der Waals surface area contributed by atoms with Crippen molar-refractivity contribution >= 4 is 5.71 Å². The van der Waals surface area contributed by atoms with E-state index < -0.39 is 0 Å². The molecule has 2 aliphatic rings. The van der Waals surface area contributed by atoms with Crippen molar-refractivity contribution in [3.8, 4) is 0 Å². The number of allylic oxidation sites excluding steroid dienone is 4. The van der Waals surface area contributed by atoms with E-state index in [1.54, 1.807) is 0 Å². The van der Waals surface area contributed by atoms with Crippen LogP contribution in [0.2, 0.25) is 0 Å². The summed E-state index contributed by atoms with van der Waals surface area (Å²) in [5, 5.41) is 0. The van der Waals surface area contributed by atoms with Crippen LogP contribution in [0.25, 0.3) is 0 Å². The molecule has 0 radical (unpaired) electrons. The lowest BCUT2D eigenvalue weighted by Gasteiger charge is -2.00. The Morgan fingerprint density at radius 1 is 1.07 bits per heavy atom. The first kappa shape index (κ1) is 8.42. The molecule has 1 aromatic carbocycles. The van der Waals surface area contributed by atoms with E-state index in [2.05, 4.69) is 41.4 Å². The summed E-state index contributed by atoms with van der Waals surface area (Å²) < 4.78 is 0. The maximum atomic E-state index is 4.61. The fourth-order valence-corrected chi connectivity index (χ4v) is 1.88. The molecule has 0 amide bonds. The van der Waals surface area contributed by atoms with Gasteiger partial charge in [0.2, 0.25) is 0 Å². The van der Waals surface area contributed by atoms with Crippen molar-refractivity contribution in [3.63, 3.8) is 0 Å². The summed E-state index contributed by atoms with van der Waals surface area (Å²) in [5.41, 5.74) is 4.62. The lowest BCUT2D eigenvalue weighted by atomic mass is 10.1. The second-order valence-electron chi connectivity index (χ2n) is 3.69. The topological polar surface area (TPSA) is 12.4 Å². The van der Waals surface area contributed by atoms with Gasteiger partial charge in [-0.3, -0.25) is 0 Å². The van der Waals surface area contributed by atoms with Gasteiger partial charge in [0.1, 0.15) is 0 Å². The van der Waals surface area contributed by atoms with Crippen LogP contribution in [0.1, 0.15) is 12.0 Å². The average Bonchev–Trinajstić information content (AvgIpc) is 2.74. The Bertz CT molecular complexity index is 501. The fourth-order valence-electron chi connectivity index (χ4n) is 1.88. The van der Waals surface area contributed by atoms with Gasteiger partial charge in [-0.15, -0.1) is 0 Å². The van der Waals surface area contributed by atoms with Crippen LogP contribution in [0.4, 0.5) is 0 Å². The molecule has 0 saturated heterocycles. The van der Waals surface area contributed by atoms with Crippen molar-refractivity contribution < 1.29 is 0 Å². The maximum absolute atomic E-state index is 4.61. The Morgan fingerprint density at radius 3 is 2.73 bits per heavy atom. The molecule has 1 heteroatoms. The monoisotopic (exact) mass is 193 g/mol. The van der Waals surface area contributed by atoms with Gasteiger partial charge in [0.15, 0.2) is 0 Å². The minimum Gasteiger partial charge on any atom is -0.248 e. The molecule has 72 valence electrons. The molecular formula is C14H11N. The zero-order valence-corrected chi connectivity index (χ0v) is 8.35. The normalized spacial score (nSPS) is 18.0. The SMILES string of the molecule is C1=CC2=CC(c3ccccc3)=NC2=CC1. The van der Waals surface area contributed by atoms with Crippen molar-refractivity contribution in [1.82, 2.24) is 0 Å². The highest BCUT2D eigenvalue weighted by atomic mass is 14.8. The van der Waals surface area contributed by atoms with Crippen LogP contribution in [0.15, 0.2) is 70.9 Å². The third-order valence-electron chi connectivity index (χ3n) is 2.64. The number of fused-ring (bicyclic) bond motifs is 1. The smallest absolute Gasteiger partial charge is 0.0716 e. The van der Waals surface area contributed by atoms with E-state index >= 15 is 0 Å². The summed E-state index contributed by atoms with van der Waals surface area (Å²) in [4.78, 5) is 4.61. The first-order valence-corrected chi connectivity index (χ1v) is 5.16. The summed E-state index contributed by atoms with van der Waals surface area (Å²) in [6.45, 7) is 0. The lowest BCUT2D eigenvalue weighted by Crippen LogP contribution is -1.92. The van der Waals surface area contributed by atoms with Gasteiger partial charge in [0, 0.05) is 11.1 Å². The Hall–Kier alpha value is -1.89. The van der Waals surface area contributed by atoms with Gasteiger partial charge in [-0.1, -0.05) is 48.6 Å². The summed E-state index contributed by atoms with van der Waals surface area (Å²) in [7, 11) is 0. The van der Waals surface area contributed by atoms with Crippen molar-refractivity contribution in [2.24, 2.45) is 4.99 Å². The van der Waals surface area contributed by atoms with E-state index in [1.807, 2.05) is 18.2 Å². The number of benzene rings is 1. The maximum Gasteiger partial charge on any atom is 0.0716 e. The Morgan fingerprint density at radius 2 is 1.93 bits per heavy atom. The van der Waals surface area contributed by atoms with Crippen LogP contribution < -0.4 is 0 Å². The molecule has 0 fully saturated rings. The molecule has 0 bridgehead atoms. The van der Waals surface area contributed by atoms with Gasteiger partial charge >= 0.3 is 0 Å². The Kier molecular flexibility index (Phi) is 1.88. The molecule has 1 aliphatic carbocycles. The van der Waals surface area contributed by atoms with Gasteiger partial charge in [0.25, 0.3) is 0 Å². The van der Waals surface area contributed by atoms with Gasteiger partial charge in [0.05, 0.1) is 11.4 Å². The third-order valence-corrected chi connectivity index (χ3v) is 2.64. The molecule has 1 nitrogen and oxygen atoms in total. The number of aliphatic imine (C=N–C) groups is 1. The van der Waals surface area contributed by atoms with Crippen LogP contribution in [0.5, 0.6) is 0 Å². The molecule has 0 aromatic heterocycles. The molecule has 0 N–H and O–H groups in total. The van der Waals surface area contributed by atoms with Crippen molar-refractivity contribution in [2.75, 3.05) is 0 Å². The van der Waals surface area contributed by atoms with Crippen LogP contribution in [0.3, 0.4) is 0 Å². The van der Waals surface area contributed by atoms with Crippen LogP contribution >= 0.6 is 0 Å². The predicted molar refractivity (Wildman–Crippen MR) is 62.9 cm³/mol. The fraction of sp³-hybridized carbons (Fsp3) is 0.0714. The second-order valence-corrected chi connectivity index (χ2v) is 3.69. The zero-order valence-electron chi connectivity index (χ0n) is 8.35. The van der Waals surface area contributed by atoms with Gasteiger partial charge < -0.3 is 0 Å². The highest BCUT2D eigenvalue weighted by molar-refractivity contribution is 6.12. The number of rotatable bonds is 1. The van der Waals surface area contributed by atoms with Gasteiger partial charge in [-0.05, 0) is 12.5 Å². The summed E-state index contributed by atoms with van der Waals surface area (Å²) in [6.07, 6.45) is 9.63. The number of hydrogen-bond donors (Lipinski definition) is 0. The van der Waals surface area contributed by atoms with Crippen LogP contribution in [-0.4, -0.2) is 5.71 Å². The molecule has 0 spiro atoms. The van der Waals surface area contributed by atoms with Crippen molar-refractivity contribution in [3.05, 3.63) is 71.5 Å². The summed E-state index contributed by atoms with van der Waals surface area (Å²) in [6, 6.07) is 10.3. The van der Waals surface area contributed by atoms with Gasteiger partial charge in [-0.2, -0.15) is 0 Å². The second kappa shape index (κ2) is 3.35. The van der Waals surface area contributed by atoms with Crippen molar-refractivity contribution in [1.29, 1.82) is 0 Å². The molecule has 15 heavy (non-hydrogen) atoms. The molecule has 1 heterocycles. The van der Waals surface area contributed by atoms with Crippen LogP contribution in [0, 0.1) is 0 Å². The van der Waals surface area contributed by atoms with E-state index in [-0.39, 0.29) is 0 Å². The van der Waals surface area contributed by atoms with E-state index in [0.29, 0.717) is 0 Å². The highest BCUT2D eigenvalue weighted by Gasteiger charge is 2.14. The quantitative estimate of drug-likeness (QED) is 0.649. The third kappa shape index (κ3) is 1.46. The first-order chi connectivity index (χ1) is 7.43. The average molecular weight is 193 g/mol. The minimum atomic E-state index is 0.998. The van der Waals surface area contributed by atoms with E-state index in [4.69, 9.17) is 0 Å². The van der Waals surface area contributed by atoms with Crippen LogP contribution in [-0.2, 0) is 0 Å². The summed E-state index contributed by atoms with van der Waals surface area (Å²) >= 11 is 0. The summed E-state index contributed by atoms with van der Waals surface area (Å²) in [5.74, 6) is 0. The first-order valence-electron chi connectivity index (χ1n) is 5.16. The molecule has 1 aromatic rings. The van der Waals surface area contributed by atoms with E-state index in [9.17, 15) is 0 Å². The largest absolute Gasteiger partial charge is 0.248 e. The van der Waals surface area contributed by atoms with Crippen molar-refractivity contribution in [2.45, 2.75) is 6.42 Å². The molecule has 0 saturated carbocycles.